The first-order valence-corrected chi connectivity index (χ1v) is 5.82. The molecule has 0 heterocycles. The van der Waals surface area contributed by atoms with Crippen molar-refractivity contribution in [3.63, 3.8) is 0 Å². The Morgan fingerprint density at radius 2 is 2.06 bits per heavy atom. The molecule has 0 aromatic heterocycles. The minimum absolute atomic E-state index is 0.249. The lowest BCUT2D eigenvalue weighted by molar-refractivity contribution is 0.195. The fourth-order valence-electron chi connectivity index (χ4n) is 1.31. The number of thiocarbonyl (C=S) groups is 1. The van der Waals surface area contributed by atoms with E-state index in [2.05, 4.69) is 5.32 Å². The molecule has 1 rings (SSSR count). The Kier molecular flexibility index (Phi) is 5.86. The van der Waals surface area contributed by atoms with E-state index in [0.717, 1.165) is 18.7 Å². The Morgan fingerprint density at radius 1 is 1.41 bits per heavy atom. The number of nitrogens with one attached hydrogen (secondary N) is 1. The molecule has 1 aromatic rings. The normalized spacial score (nSPS) is 10.1. The molecule has 94 valence electrons. The fourth-order valence-corrected chi connectivity index (χ4v) is 1.52. The number of ether oxygens (including phenoxy) is 1. The van der Waals surface area contributed by atoms with Gasteiger partial charge in [-0.25, -0.2) is 4.39 Å². The average Bonchev–Trinajstić information content (AvgIpc) is 2.34. The maximum absolute atomic E-state index is 12.8. The number of nitrogens with zero attached hydrogens (tertiary/aromatic N) is 1. The van der Waals surface area contributed by atoms with Crippen molar-refractivity contribution in [1.82, 2.24) is 5.32 Å². The molecule has 1 N–H and O–H groups in total. The van der Waals surface area contributed by atoms with Crippen molar-refractivity contribution in [2.24, 2.45) is 0 Å². The molecule has 0 saturated carbocycles. The summed E-state index contributed by atoms with van der Waals surface area (Å²) in [5.41, 5.74) is 0.857. The first-order chi connectivity index (χ1) is 8.15. The molecule has 0 aliphatic carbocycles. The highest BCUT2D eigenvalue weighted by molar-refractivity contribution is 7.80. The van der Waals surface area contributed by atoms with Gasteiger partial charge in [0, 0.05) is 33.0 Å². The van der Waals surface area contributed by atoms with Crippen molar-refractivity contribution in [1.29, 1.82) is 0 Å². The Labute approximate surface area is 107 Å². The zero-order valence-corrected chi connectivity index (χ0v) is 10.9. The van der Waals surface area contributed by atoms with E-state index < -0.39 is 0 Å². The zero-order valence-electron chi connectivity index (χ0n) is 10.1. The first-order valence-electron chi connectivity index (χ1n) is 5.41. The van der Waals surface area contributed by atoms with E-state index >= 15 is 0 Å². The van der Waals surface area contributed by atoms with Crippen molar-refractivity contribution in [2.45, 2.75) is 6.42 Å². The van der Waals surface area contributed by atoms with Gasteiger partial charge in [0.15, 0.2) is 5.11 Å². The number of benzene rings is 1. The molecule has 1 aromatic carbocycles. The van der Waals surface area contributed by atoms with Crippen LogP contribution < -0.4 is 10.2 Å². The maximum Gasteiger partial charge on any atom is 0.173 e. The topological polar surface area (TPSA) is 24.5 Å². The van der Waals surface area contributed by atoms with Crippen LogP contribution in [0.5, 0.6) is 0 Å². The SMILES string of the molecule is COCCCNC(=S)N(C)c1ccc(F)cc1. The van der Waals surface area contributed by atoms with Crippen LogP contribution in [0.3, 0.4) is 0 Å². The van der Waals surface area contributed by atoms with Crippen molar-refractivity contribution in [3.8, 4) is 0 Å². The lowest BCUT2D eigenvalue weighted by Gasteiger charge is -2.21. The highest BCUT2D eigenvalue weighted by Gasteiger charge is 2.05. The second kappa shape index (κ2) is 7.19. The van der Waals surface area contributed by atoms with Crippen LogP contribution in [0.15, 0.2) is 24.3 Å². The summed E-state index contributed by atoms with van der Waals surface area (Å²) >= 11 is 5.22. The van der Waals surface area contributed by atoms with Crippen LogP contribution in [-0.2, 0) is 4.74 Å². The minimum Gasteiger partial charge on any atom is -0.385 e. The number of hydrogen-bond acceptors (Lipinski definition) is 2. The third kappa shape index (κ3) is 4.66. The van der Waals surface area contributed by atoms with Gasteiger partial charge < -0.3 is 15.0 Å². The van der Waals surface area contributed by atoms with E-state index in [9.17, 15) is 4.39 Å². The fraction of sp³-hybridized carbons (Fsp3) is 0.417. The van der Waals surface area contributed by atoms with Crippen LogP contribution in [0.25, 0.3) is 0 Å². The van der Waals surface area contributed by atoms with Crippen molar-refractivity contribution in [2.75, 3.05) is 32.2 Å². The van der Waals surface area contributed by atoms with E-state index in [-0.39, 0.29) is 5.82 Å². The molecular weight excluding hydrogens is 239 g/mol. The first kappa shape index (κ1) is 13.9. The van der Waals surface area contributed by atoms with Crippen molar-refractivity contribution >= 4 is 23.0 Å². The summed E-state index contributed by atoms with van der Waals surface area (Å²) in [5, 5.41) is 3.73. The van der Waals surface area contributed by atoms with Gasteiger partial charge in [-0.05, 0) is 42.9 Å². The molecule has 0 spiro atoms. The Hall–Kier alpha value is -1.20. The summed E-state index contributed by atoms with van der Waals surface area (Å²) in [7, 11) is 3.52. The van der Waals surface area contributed by atoms with Gasteiger partial charge in [0.1, 0.15) is 5.82 Å². The summed E-state index contributed by atoms with van der Waals surface area (Å²) in [4.78, 5) is 1.81. The van der Waals surface area contributed by atoms with Gasteiger partial charge in [-0.2, -0.15) is 0 Å². The molecule has 0 fully saturated rings. The summed E-state index contributed by atoms with van der Waals surface area (Å²) < 4.78 is 17.7. The van der Waals surface area contributed by atoms with Gasteiger partial charge in [0.25, 0.3) is 0 Å². The molecule has 0 amide bonds. The Bertz CT molecular complexity index is 356. The second-order valence-corrected chi connectivity index (χ2v) is 4.00. The Balaban J connectivity index is 2.43. The van der Waals surface area contributed by atoms with Crippen molar-refractivity contribution < 1.29 is 9.13 Å². The predicted octanol–water partition coefficient (Wildman–Crippen LogP) is 2.17. The standard InChI is InChI=1S/C12H17FN2OS/c1-15(11-6-4-10(13)5-7-11)12(17)14-8-3-9-16-2/h4-7H,3,8-9H2,1-2H3,(H,14,17). The second-order valence-electron chi connectivity index (χ2n) is 3.61. The van der Waals surface area contributed by atoms with Gasteiger partial charge in [0.2, 0.25) is 0 Å². The number of anilines is 1. The molecular formula is C12H17FN2OS. The number of methoxy groups -OCH3 is 1. The molecule has 5 heteroatoms. The molecule has 17 heavy (non-hydrogen) atoms. The highest BCUT2D eigenvalue weighted by Crippen LogP contribution is 2.12. The van der Waals surface area contributed by atoms with Crippen LogP contribution in [0.2, 0.25) is 0 Å². The summed E-state index contributed by atoms with van der Waals surface area (Å²) in [6.45, 7) is 1.47. The molecule has 0 unspecified atom stereocenters. The molecule has 0 aliphatic heterocycles. The quantitative estimate of drug-likeness (QED) is 0.644. The third-order valence-corrected chi connectivity index (χ3v) is 2.74. The molecule has 0 bridgehead atoms. The van der Waals surface area contributed by atoms with Crippen LogP contribution in [0.4, 0.5) is 10.1 Å². The molecule has 0 atom stereocenters. The van der Waals surface area contributed by atoms with Crippen molar-refractivity contribution in [3.05, 3.63) is 30.1 Å². The molecule has 3 nitrogen and oxygen atoms in total. The molecule has 0 saturated heterocycles. The predicted molar refractivity (Wildman–Crippen MR) is 71.9 cm³/mol. The smallest absolute Gasteiger partial charge is 0.173 e. The summed E-state index contributed by atoms with van der Waals surface area (Å²) in [6, 6.07) is 6.22. The van der Waals surface area contributed by atoms with Gasteiger partial charge in [-0.15, -0.1) is 0 Å². The van der Waals surface area contributed by atoms with E-state index in [4.69, 9.17) is 17.0 Å². The lowest BCUT2D eigenvalue weighted by atomic mass is 10.3. The highest BCUT2D eigenvalue weighted by atomic mass is 32.1. The monoisotopic (exact) mass is 256 g/mol. The van der Waals surface area contributed by atoms with E-state index in [0.29, 0.717) is 11.7 Å². The molecule has 0 radical (unpaired) electrons. The average molecular weight is 256 g/mol. The van der Waals surface area contributed by atoms with E-state index in [1.165, 1.54) is 12.1 Å². The Morgan fingerprint density at radius 3 is 2.65 bits per heavy atom. The van der Waals surface area contributed by atoms with Gasteiger partial charge in [-0.1, -0.05) is 0 Å². The van der Waals surface area contributed by atoms with Gasteiger partial charge in [0.05, 0.1) is 0 Å². The van der Waals surface area contributed by atoms with E-state index in [1.54, 1.807) is 19.2 Å². The number of hydrogen-bond donors (Lipinski definition) is 1. The van der Waals surface area contributed by atoms with E-state index in [1.807, 2.05) is 11.9 Å². The van der Waals surface area contributed by atoms with Crippen LogP contribution in [-0.4, -0.2) is 32.4 Å². The summed E-state index contributed by atoms with van der Waals surface area (Å²) in [5.74, 6) is -0.249. The number of halogens is 1. The summed E-state index contributed by atoms with van der Waals surface area (Å²) in [6.07, 6.45) is 0.897. The van der Waals surface area contributed by atoms with Gasteiger partial charge in [-0.3, -0.25) is 0 Å². The van der Waals surface area contributed by atoms with Gasteiger partial charge >= 0.3 is 0 Å². The molecule has 0 aliphatic rings. The minimum atomic E-state index is -0.249. The maximum atomic E-state index is 12.8. The third-order valence-electron chi connectivity index (χ3n) is 2.32. The van der Waals surface area contributed by atoms with Crippen LogP contribution in [0, 0.1) is 5.82 Å². The lowest BCUT2D eigenvalue weighted by Crippen LogP contribution is -2.37. The number of rotatable bonds is 5. The largest absolute Gasteiger partial charge is 0.385 e. The zero-order chi connectivity index (χ0) is 12.7. The van der Waals surface area contributed by atoms with Crippen LogP contribution in [0.1, 0.15) is 6.42 Å². The van der Waals surface area contributed by atoms with Crippen LogP contribution >= 0.6 is 12.2 Å².